The second-order valence-corrected chi connectivity index (χ2v) is 8.13. The zero-order chi connectivity index (χ0) is 17.8. The summed E-state index contributed by atoms with van der Waals surface area (Å²) in [5.41, 5.74) is 0. The van der Waals surface area contributed by atoms with E-state index in [4.69, 9.17) is 0 Å². The van der Waals surface area contributed by atoms with E-state index < -0.39 is 0 Å². The third-order valence-electron chi connectivity index (χ3n) is 6.47. The van der Waals surface area contributed by atoms with Gasteiger partial charge in [-0.3, -0.25) is 15.0 Å². The summed E-state index contributed by atoms with van der Waals surface area (Å²) in [4.78, 5) is 29.4. The van der Waals surface area contributed by atoms with Crippen molar-refractivity contribution in [2.75, 3.05) is 26.2 Å². The van der Waals surface area contributed by atoms with Gasteiger partial charge in [0.1, 0.15) is 0 Å². The summed E-state index contributed by atoms with van der Waals surface area (Å²) in [5, 5.41) is 5.57. The molecule has 2 saturated heterocycles. The van der Waals surface area contributed by atoms with Crippen molar-refractivity contribution in [3.8, 4) is 0 Å². The summed E-state index contributed by atoms with van der Waals surface area (Å²) in [5.74, 6) is 0.332. The molecule has 3 amide bonds. The molecule has 3 rings (SSSR count). The second kappa shape index (κ2) is 8.49. The summed E-state index contributed by atoms with van der Waals surface area (Å²) in [6, 6.07) is 0.837. The van der Waals surface area contributed by atoms with Crippen molar-refractivity contribution in [2.24, 2.45) is 5.92 Å². The summed E-state index contributed by atoms with van der Waals surface area (Å²) >= 11 is 0. The van der Waals surface area contributed by atoms with Crippen LogP contribution in [0.5, 0.6) is 0 Å². The highest BCUT2D eigenvalue weighted by atomic mass is 16.2. The Balaban J connectivity index is 1.48. The Labute approximate surface area is 151 Å². The number of carbonyl (C=O) groups excluding carboxylic acids is 2. The number of amides is 3. The first kappa shape index (κ1) is 18.6. The number of likely N-dealkylation sites (tertiary alicyclic amines) is 1. The Hall–Kier alpha value is -1.14. The molecule has 142 valence electrons. The molecule has 6 nitrogen and oxygen atoms in total. The maximum absolute atomic E-state index is 12.4. The van der Waals surface area contributed by atoms with Crippen LogP contribution < -0.4 is 10.6 Å². The van der Waals surface area contributed by atoms with Crippen LogP contribution in [0.2, 0.25) is 0 Å². The molecule has 1 aliphatic carbocycles. The Morgan fingerprint density at radius 2 is 1.80 bits per heavy atom. The number of hydrogen-bond donors (Lipinski definition) is 2. The van der Waals surface area contributed by atoms with Crippen LogP contribution in [0.1, 0.15) is 58.8 Å². The first-order chi connectivity index (χ1) is 12.1. The van der Waals surface area contributed by atoms with E-state index in [-0.39, 0.29) is 18.0 Å². The molecule has 3 fully saturated rings. The normalized spacial score (nSPS) is 33.7. The molecule has 0 aromatic heterocycles. The standard InChI is InChI=1S/C19H34N4O2/c1-3-22-11-10-15-8-9-16(12-22)23(15)13-18(24)21-19(25)20-17-7-5-4-6-14(17)2/h14-17H,3-13H2,1-2H3,(H2,20,21,24,25)/t14-,15+,16-,17+/m0/s1. The van der Waals surface area contributed by atoms with Gasteiger partial charge in [0.05, 0.1) is 6.54 Å². The van der Waals surface area contributed by atoms with Crippen molar-refractivity contribution >= 4 is 11.9 Å². The molecule has 3 aliphatic rings. The Bertz CT molecular complexity index is 484. The van der Waals surface area contributed by atoms with Crippen LogP contribution in [-0.4, -0.2) is 66.0 Å². The monoisotopic (exact) mass is 350 g/mol. The third kappa shape index (κ3) is 4.73. The fourth-order valence-electron chi connectivity index (χ4n) is 4.85. The number of likely N-dealkylation sites (N-methyl/N-ethyl adjacent to an activating group) is 1. The van der Waals surface area contributed by atoms with Crippen LogP contribution >= 0.6 is 0 Å². The number of rotatable bonds is 4. The Kier molecular flexibility index (Phi) is 6.34. The molecule has 0 aromatic rings. The van der Waals surface area contributed by atoms with Gasteiger partial charge in [-0.15, -0.1) is 0 Å². The van der Waals surface area contributed by atoms with E-state index in [1.54, 1.807) is 0 Å². The predicted octanol–water partition coefficient (Wildman–Crippen LogP) is 1.95. The molecule has 2 N–H and O–H groups in total. The molecule has 0 aromatic carbocycles. The third-order valence-corrected chi connectivity index (χ3v) is 6.47. The Morgan fingerprint density at radius 3 is 2.56 bits per heavy atom. The lowest BCUT2D eigenvalue weighted by atomic mass is 9.86. The van der Waals surface area contributed by atoms with E-state index in [9.17, 15) is 9.59 Å². The Morgan fingerprint density at radius 1 is 1.04 bits per heavy atom. The molecule has 0 spiro atoms. The van der Waals surface area contributed by atoms with Gasteiger partial charge in [-0.1, -0.05) is 26.7 Å². The summed E-state index contributed by atoms with van der Waals surface area (Å²) in [7, 11) is 0. The van der Waals surface area contributed by atoms with Gasteiger partial charge in [0, 0.05) is 24.7 Å². The molecule has 0 unspecified atom stereocenters. The van der Waals surface area contributed by atoms with Gasteiger partial charge < -0.3 is 10.2 Å². The van der Waals surface area contributed by atoms with Crippen LogP contribution in [-0.2, 0) is 4.79 Å². The van der Waals surface area contributed by atoms with Crippen LogP contribution in [0.4, 0.5) is 4.79 Å². The number of nitrogens with one attached hydrogen (secondary N) is 2. The van der Waals surface area contributed by atoms with Crippen LogP contribution in [0.3, 0.4) is 0 Å². The molecule has 25 heavy (non-hydrogen) atoms. The minimum absolute atomic E-state index is 0.164. The highest BCUT2D eigenvalue weighted by Crippen LogP contribution is 2.29. The number of imide groups is 1. The average molecular weight is 351 g/mol. The van der Waals surface area contributed by atoms with E-state index in [0.29, 0.717) is 24.5 Å². The quantitative estimate of drug-likeness (QED) is 0.813. The van der Waals surface area contributed by atoms with E-state index in [0.717, 1.165) is 45.3 Å². The second-order valence-electron chi connectivity index (χ2n) is 8.13. The maximum atomic E-state index is 12.4. The lowest BCUT2D eigenvalue weighted by molar-refractivity contribution is -0.121. The molecule has 2 aliphatic heterocycles. The fraction of sp³-hybridized carbons (Fsp3) is 0.895. The number of hydrogen-bond acceptors (Lipinski definition) is 4. The lowest BCUT2D eigenvalue weighted by Gasteiger charge is -2.30. The summed E-state index contributed by atoms with van der Waals surface area (Å²) in [6.07, 6.45) is 8.06. The van der Waals surface area contributed by atoms with Crippen molar-refractivity contribution in [1.29, 1.82) is 0 Å². The maximum Gasteiger partial charge on any atom is 0.321 e. The molecular formula is C19H34N4O2. The van der Waals surface area contributed by atoms with Gasteiger partial charge in [-0.25, -0.2) is 4.79 Å². The van der Waals surface area contributed by atoms with Gasteiger partial charge in [0.15, 0.2) is 0 Å². The van der Waals surface area contributed by atoms with Gasteiger partial charge in [-0.2, -0.15) is 0 Å². The minimum atomic E-state index is -0.318. The van der Waals surface area contributed by atoms with Crippen molar-refractivity contribution in [2.45, 2.75) is 76.9 Å². The van der Waals surface area contributed by atoms with Gasteiger partial charge in [0.25, 0.3) is 0 Å². The highest BCUT2D eigenvalue weighted by Gasteiger charge is 2.37. The molecule has 4 atom stereocenters. The minimum Gasteiger partial charge on any atom is -0.335 e. The van der Waals surface area contributed by atoms with Gasteiger partial charge in [0.2, 0.25) is 5.91 Å². The molecule has 2 heterocycles. The van der Waals surface area contributed by atoms with E-state index in [1.807, 2.05) is 0 Å². The number of carbonyl (C=O) groups is 2. The molecular weight excluding hydrogens is 316 g/mol. The average Bonchev–Trinajstić information content (AvgIpc) is 2.83. The van der Waals surface area contributed by atoms with Gasteiger partial charge >= 0.3 is 6.03 Å². The van der Waals surface area contributed by atoms with Crippen LogP contribution in [0.25, 0.3) is 0 Å². The first-order valence-electron chi connectivity index (χ1n) is 10.1. The van der Waals surface area contributed by atoms with Crippen molar-refractivity contribution < 1.29 is 9.59 Å². The summed E-state index contributed by atoms with van der Waals surface area (Å²) in [6.45, 7) is 7.97. The zero-order valence-electron chi connectivity index (χ0n) is 15.8. The van der Waals surface area contributed by atoms with Crippen molar-refractivity contribution in [3.63, 3.8) is 0 Å². The molecule has 1 saturated carbocycles. The molecule has 2 bridgehead atoms. The lowest BCUT2D eigenvalue weighted by Crippen LogP contribution is -2.51. The number of fused-ring (bicyclic) bond motifs is 2. The SMILES string of the molecule is CCN1CC[C@H]2CC[C@@H](C1)N2CC(=O)NC(=O)N[C@@H]1CCCC[C@@H]1C. The topological polar surface area (TPSA) is 64.7 Å². The van der Waals surface area contributed by atoms with Crippen molar-refractivity contribution in [3.05, 3.63) is 0 Å². The van der Waals surface area contributed by atoms with Crippen LogP contribution in [0.15, 0.2) is 0 Å². The number of nitrogens with zero attached hydrogens (tertiary/aromatic N) is 2. The first-order valence-corrected chi connectivity index (χ1v) is 10.1. The van der Waals surface area contributed by atoms with E-state index in [2.05, 4.69) is 34.3 Å². The van der Waals surface area contributed by atoms with Crippen LogP contribution in [0, 0.1) is 5.92 Å². The van der Waals surface area contributed by atoms with Gasteiger partial charge in [-0.05, 0) is 51.1 Å². The van der Waals surface area contributed by atoms with E-state index >= 15 is 0 Å². The molecule has 0 radical (unpaired) electrons. The number of urea groups is 1. The summed E-state index contributed by atoms with van der Waals surface area (Å²) < 4.78 is 0. The fourth-order valence-corrected chi connectivity index (χ4v) is 4.85. The van der Waals surface area contributed by atoms with E-state index in [1.165, 1.54) is 19.3 Å². The largest absolute Gasteiger partial charge is 0.335 e. The van der Waals surface area contributed by atoms with Crippen molar-refractivity contribution in [1.82, 2.24) is 20.4 Å². The smallest absolute Gasteiger partial charge is 0.321 e. The zero-order valence-corrected chi connectivity index (χ0v) is 15.8. The predicted molar refractivity (Wildman–Crippen MR) is 98.3 cm³/mol. The molecule has 6 heteroatoms. The highest BCUT2D eigenvalue weighted by molar-refractivity contribution is 5.95.